The van der Waals surface area contributed by atoms with Crippen molar-refractivity contribution in [3.8, 4) is 0 Å². The van der Waals surface area contributed by atoms with E-state index in [9.17, 15) is 4.79 Å². The fourth-order valence-corrected chi connectivity index (χ4v) is 1.87. The predicted molar refractivity (Wildman–Crippen MR) is 77.9 cm³/mol. The lowest BCUT2D eigenvalue weighted by Crippen LogP contribution is -2.35. The van der Waals surface area contributed by atoms with Gasteiger partial charge in [-0.25, -0.2) is 0 Å². The minimum absolute atomic E-state index is 0.0438. The molecule has 0 saturated heterocycles. The Bertz CT molecular complexity index is 452. The molecule has 1 unspecified atom stereocenters. The van der Waals surface area contributed by atoms with Crippen LogP contribution in [0.15, 0.2) is 18.2 Å². The number of nitrogen functional groups attached to an aromatic ring is 1. The number of anilines is 2. The van der Waals surface area contributed by atoms with E-state index in [0.717, 1.165) is 0 Å². The van der Waals surface area contributed by atoms with Crippen LogP contribution < -0.4 is 16.8 Å². The number of carbonyl (C=O) groups is 1. The Morgan fingerprint density at radius 2 is 2.05 bits per heavy atom. The largest absolute Gasteiger partial charge is 0.397 e. The van der Waals surface area contributed by atoms with Gasteiger partial charge in [-0.3, -0.25) is 4.79 Å². The maximum atomic E-state index is 11.2. The summed E-state index contributed by atoms with van der Waals surface area (Å²) in [6.45, 7) is 6.32. The summed E-state index contributed by atoms with van der Waals surface area (Å²) in [6, 6.07) is 4.94. The highest BCUT2D eigenvalue weighted by Gasteiger charge is 2.24. The van der Waals surface area contributed by atoms with Gasteiger partial charge in [-0.05, 0) is 30.0 Å². The molecule has 6 N–H and O–H groups in total. The molecular formula is C14H23N3O2. The third-order valence-corrected chi connectivity index (χ3v) is 3.13. The van der Waals surface area contributed by atoms with Gasteiger partial charge in [0, 0.05) is 18.2 Å². The number of rotatable bonds is 5. The average molecular weight is 265 g/mol. The lowest BCUT2D eigenvalue weighted by Gasteiger charge is -2.32. The van der Waals surface area contributed by atoms with E-state index in [2.05, 4.69) is 26.1 Å². The van der Waals surface area contributed by atoms with Gasteiger partial charge in [0.25, 0.3) is 0 Å². The van der Waals surface area contributed by atoms with Gasteiger partial charge in [-0.2, -0.15) is 0 Å². The van der Waals surface area contributed by atoms with Crippen molar-refractivity contribution < 1.29 is 9.90 Å². The summed E-state index contributed by atoms with van der Waals surface area (Å²) in [7, 11) is 0. The molecular weight excluding hydrogens is 242 g/mol. The molecule has 0 aliphatic heterocycles. The number of hydrogen-bond donors (Lipinski definition) is 4. The second kappa shape index (κ2) is 5.93. The van der Waals surface area contributed by atoms with Gasteiger partial charge in [-0.1, -0.05) is 20.8 Å². The lowest BCUT2D eigenvalue weighted by atomic mass is 9.84. The maximum Gasteiger partial charge on any atom is 0.248 e. The average Bonchev–Trinajstić information content (AvgIpc) is 2.29. The van der Waals surface area contributed by atoms with Crippen molar-refractivity contribution in [1.82, 2.24) is 0 Å². The topological polar surface area (TPSA) is 101 Å². The number of aliphatic hydroxyl groups is 1. The Morgan fingerprint density at radius 1 is 1.42 bits per heavy atom. The number of carbonyl (C=O) groups excluding carboxylic acids is 1. The van der Waals surface area contributed by atoms with Gasteiger partial charge in [0.05, 0.1) is 11.4 Å². The second-order valence-corrected chi connectivity index (χ2v) is 5.74. The molecule has 0 bridgehead atoms. The molecule has 1 amide bonds. The zero-order valence-electron chi connectivity index (χ0n) is 11.7. The predicted octanol–water partition coefficient (Wildman–Crippen LogP) is 1.58. The van der Waals surface area contributed by atoms with Gasteiger partial charge in [0.15, 0.2) is 0 Å². The molecule has 5 nitrogen and oxygen atoms in total. The highest BCUT2D eigenvalue weighted by molar-refractivity contribution is 5.94. The highest BCUT2D eigenvalue weighted by atomic mass is 16.3. The molecule has 1 rings (SSSR count). The standard InChI is InChI=1S/C14H23N3O2/c1-14(2,3)12(6-7-18)17-11-8-9(13(16)19)4-5-10(11)15/h4-5,8,12,17-18H,6-7,15H2,1-3H3,(H2,16,19). The van der Waals surface area contributed by atoms with E-state index in [0.29, 0.717) is 23.4 Å². The SMILES string of the molecule is CC(C)(C)C(CCO)Nc1cc(C(N)=O)ccc1N. The number of hydrogen-bond acceptors (Lipinski definition) is 4. The molecule has 0 aliphatic rings. The van der Waals surface area contributed by atoms with Crippen LogP contribution in [0.5, 0.6) is 0 Å². The van der Waals surface area contributed by atoms with Crippen LogP contribution in [0, 0.1) is 5.41 Å². The number of aliphatic hydroxyl groups excluding tert-OH is 1. The quantitative estimate of drug-likeness (QED) is 0.607. The van der Waals surface area contributed by atoms with Crippen LogP contribution in [0.1, 0.15) is 37.6 Å². The zero-order chi connectivity index (χ0) is 14.6. The Kier molecular flexibility index (Phi) is 4.78. The number of benzene rings is 1. The van der Waals surface area contributed by atoms with Crippen LogP contribution in [-0.4, -0.2) is 23.7 Å². The first-order chi connectivity index (χ1) is 8.75. The van der Waals surface area contributed by atoms with E-state index in [-0.39, 0.29) is 18.1 Å². The van der Waals surface area contributed by atoms with Crippen molar-refractivity contribution >= 4 is 17.3 Å². The number of primary amides is 1. The Morgan fingerprint density at radius 3 is 2.53 bits per heavy atom. The molecule has 1 aromatic rings. The van der Waals surface area contributed by atoms with Gasteiger partial charge in [-0.15, -0.1) is 0 Å². The molecule has 19 heavy (non-hydrogen) atoms. The van der Waals surface area contributed by atoms with Gasteiger partial charge < -0.3 is 21.9 Å². The number of amides is 1. The third kappa shape index (κ3) is 4.13. The lowest BCUT2D eigenvalue weighted by molar-refractivity contribution is 0.100. The summed E-state index contributed by atoms with van der Waals surface area (Å²) in [5.41, 5.74) is 12.8. The van der Waals surface area contributed by atoms with Gasteiger partial charge in [0.1, 0.15) is 0 Å². The van der Waals surface area contributed by atoms with Crippen LogP contribution >= 0.6 is 0 Å². The van der Waals surface area contributed by atoms with E-state index in [1.807, 2.05) is 0 Å². The van der Waals surface area contributed by atoms with E-state index >= 15 is 0 Å². The Hall–Kier alpha value is -1.75. The summed E-state index contributed by atoms with van der Waals surface area (Å²) in [5, 5.41) is 12.4. The molecule has 1 aromatic carbocycles. The van der Waals surface area contributed by atoms with Crippen LogP contribution in [-0.2, 0) is 0 Å². The number of nitrogens with one attached hydrogen (secondary N) is 1. The number of nitrogens with two attached hydrogens (primary N) is 2. The monoisotopic (exact) mass is 265 g/mol. The fourth-order valence-electron chi connectivity index (χ4n) is 1.87. The van der Waals surface area contributed by atoms with E-state index in [1.165, 1.54) is 0 Å². The molecule has 0 heterocycles. The van der Waals surface area contributed by atoms with Crippen molar-refractivity contribution in [2.24, 2.45) is 11.1 Å². The van der Waals surface area contributed by atoms with Crippen LogP contribution in [0.3, 0.4) is 0 Å². The molecule has 0 radical (unpaired) electrons. The van der Waals surface area contributed by atoms with E-state index in [1.54, 1.807) is 18.2 Å². The minimum Gasteiger partial charge on any atom is -0.397 e. The van der Waals surface area contributed by atoms with Crippen LogP contribution in [0.25, 0.3) is 0 Å². The normalized spacial score (nSPS) is 13.1. The first kappa shape index (κ1) is 15.3. The molecule has 106 valence electrons. The molecule has 0 spiro atoms. The molecule has 0 aliphatic carbocycles. The van der Waals surface area contributed by atoms with Crippen molar-refractivity contribution in [3.63, 3.8) is 0 Å². The minimum atomic E-state index is -0.488. The first-order valence-corrected chi connectivity index (χ1v) is 6.32. The Labute approximate surface area is 114 Å². The zero-order valence-corrected chi connectivity index (χ0v) is 11.7. The molecule has 5 heteroatoms. The van der Waals surface area contributed by atoms with Crippen molar-refractivity contribution in [2.45, 2.75) is 33.2 Å². The van der Waals surface area contributed by atoms with Crippen molar-refractivity contribution in [2.75, 3.05) is 17.7 Å². The summed E-state index contributed by atoms with van der Waals surface area (Å²) in [5.74, 6) is -0.488. The Balaban J connectivity index is 3.01. The third-order valence-electron chi connectivity index (χ3n) is 3.13. The fraction of sp³-hybridized carbons (Fsp3) is 0.500. The van der Waals surface area contributed by atoms with Gasteiger partial charge in [0.2, 0.25) is 5.91 Å². The second-order valence-electron chi connectivity index (χ2n) is 5.74. The summed E-state index contributed by atoms with van der Waals surface area (Å²) >= 11 is 0. The molecule has 1 atom stereocenters. The molecule has 0 saturated carbocycles. The summed E-state index contributed by atoms with van der Waals surface area (Å²) in [4.78, 5) is 11.2. The highest BCUT2D eigenvalue weighted by Crippen LogP contribution is 2.28. The van der Waals surface area contributed by atoms with Crippen molar-refractivity contribution in [3.05, 3.63) is 23.8 Å². The van der Waals surface area contributed by atoms with Gasteiger partial charge >= 0.3 is 0 Å². The molecule has 0 aromatic heterocycles. The maximum absolute atomic E-state index is 11.2. The summed E-state index contributed by atoms with van der Waals surface area (Å²) in [6.07, 6.45) is 0.601. The smallest absolute Gasteiger partial charge is 0.248 e. The first-order valence-electron chi connectivity index (χ1n) is 6.32. The van der Waals surface area contributed by atoms with E-state index in [4.69, 9.17) is 16.6 Å². The molecule has 0 fully saturated rings. The van der Waals surface area contributed by atoms with Crippen molar-refractivity contribution in [1.29, 1.82) is 0 Å². The van der Waals surface area contributed by atoms with Crippen LogP contribution in [0.2, 0.25) is 0 Å². The van der Waals surface area contributed by atoms with E-state index < -0.39 is 5.91 Å². The van der Waals surface area contributed by atoms with Crippen LogP contribution in [0.4, 0.5) is 11.4 Å². The summed E-state index contributed by atoms with van der Waals surface area (Å²) < 4.78 is 0.